The Bertz CT molecular complexity index is 940. The van der Waals surface area contributed by atoms with Crippen molar-refractivity contribution in [1.29, 1.82) is 0 Å². The predicted molar refractivity (Wildman–Crippen MR) is 90.1 cm³/mol. The van der Waals surface area contributed by atoms with E-state index in [-0.39, 0.29) is 0 Å². The third-order valence-electron chi connectivity index (χ3n) is 4.02. The Hall–Kier alpha value is -2.06. The van der Waals surface area contributed by atoms with E-state index in [1.54, 1.807) is 0 Å². The van der Waals surface area contributed by atoms with E-state index in [1.807, 2.05) is 12.3 Å². The number of rotatable bonds is 3. The van der Waals surface area contributed by atoms with Gasteiger partial charge in [-0.3, -0.25) is 4.98 Å². The number of aromatic nitrogens is 2. The zero-order valence-electron chi connectivity index (χ0n) is 11.6. The summed E-state index contributed by atoms with van der Waals surface area (Å²) in [4.78, 5) is 4.61. The number of alkyl halides is 1. The first-order valence-corrected chi connectivity index (χ1v) is 7.74. The molecular formula is C18H15ClN2. The van der Waals surface area contributed by atoms with Crippen LogP contribution in [0.1, 0.15) is 6.42 Å². The molecule has 0 radical (unpaired) electrons. The quantitative estimate of drug-likeness (QED) is 0.488. The first-order chi connectivity index (χ1) is 10.4. The van der Waals surface area contributed by atoms with Crippen molar-refractivity contribution in [3.8, 4) is 0 Å². The number of pyridine rings is 1. The summed E-state index contributed by atoms with van der Waals surface area (Å²) in [7, 11) is 0. The summed E-state index contributed by atoms with van der Waals surface area (Å²) < 4.78 is 2.39. The number of aryl methyl sites for hydroxylation is 1. The van der Waals surface area contributed by atoms with Gasteiger partial charge in [-0.05, 0) is 18.6 Å². The molecule has 2 aromatic carbocycles. The van der Waals surface area contributed by atoms with Gasteiger partial charge in [-0.25, -0.2) is 0 Å². The third-order valence-corrected chi connectivity index (χ3v) is 4.28. The zero-order valence-corrected chi connectivity index (χ0v) is 12.3. The number of benzene rings is 2. The number of halogens is 1. The van der Waals surface area contributed by atoms with Gasteiger partial charge in [-0.1, -0.05) is 36.4 Å². The van der Waals surface area contributed by atoms with Gasteiger partial charge in [0.25, 0.3) is 0 Å². The van der Waals surface area contributed by atoms with Gasteiger partial charge >= 0.3 is 0 Å². The molecule has 0 bridgehead atoms. The van der Waals surface area contributed by atoms with Crippen LogP contribution in [-0.4, -0.2) is 15.4 Å². The molecule has 0 aliphatic heterocycles. The minimum Gasteiger partial charge on any atom is -0.340 e. The lowest BCUT2D eigenvalue weighted by molar-refractivity contribution is 0.729. The zero-order chi connectivity index (χ0) is 14.2. The lowest BCUT2D eigenvalue weighted by Gasteiger charge is -2.08. The molecule has 0 aliphatic rings. The van der Waals surface area contributed by atoms with Crippen LogP contribution in [0.2, 0.25) is 0 Å². The highest BCUT2D eigenvalue weighted by Crippen LogP contribution is 2.33. The molecule has 0 saturated heterocycles. The number of para-hydroxylation sites is 2. The van der Waals surface area contributed by atoms with E-state index in [9.17, 15) is 0 Å². The molecule has 0 spiro atoms. The molecule has 0 aliphatic carbocycles. The molecule has 2 aromatic heterocycles. The molecule has 0 fully saturated rings. The van der Waals surface area contributed by atoms with Crippen LogP contribution < -0.4 is 0 Å². The second kappa shape index (κ2) is 5.05. The molecule has 4 aromatic rings. The second-order valence-corrected chi connectivity index (χ2v) is 5.63. The van der Waals surface area contributed by atoms with Crippen LogP contribution in [0.15, 0.2) is 54.7 Å². The Morgan fingerprint density at radius 1 is 0.905 bits per heavy atom. The van der Waals surface area contributed by atoms with Crippen molar-refractivity contribution in [3.63, 3.8) is 0 Å². The van der Waals surface area contributed by atoms with Crippen LogP contribution in [-0.2, 0) is 6.54 Å². The summed E-state index contributed by atoms with van der Waals surface area (Å²) in [6, 6.07) is 16.9. The highest BCUT2D eigenvalue weighted by molar-refractivity contribution is 6.18. The average Bonchev–Trinajstić information content (AvgIpc) is 2.87. The van der Waals surface area contributed by atoms with Crippen molar-refractivity contribution >= 4 is 44.3 Å². The fraction of sp³-hybridized carbons (Fsp3) is 0.167. The Labute approximate surface area is 128 Å². The van der Waals surface area contributed by atoms with Gasteiger partial charge in [-0.2, -0.15) is 0 Å². The van der Waals surface area contributed by atoms with Gasteiger partial charge in [-0.15, -0.1) is 11.6 Å². The van der Waals surface area contributed by atoms with E-state index < -0.39 is 0 Å². The van der Waals surface area contributed by atoms with Crippen LogP contribution in [0.3, 0.4) is 0 Å². The highest BCUT2D eigenvalue weighted by Gasteiger charge is 2.13. The van der Waals surface area contributed by atoms with Crippen molar-refractivity contribution in [3.05, 3.63) is 54.7 Å². The van der Waals surface area contributed by atoms with E-state index in [4.69, 9.17) is 11.6 Å². The summed E-state index contributed by atoms with van der Waals surface area (Å²) in [6.45, 7) is 0.932. The summed E-state index contributed by atoms with van der Waals surface area (Å²) in [5.74, 6) is 0.678. The summed E-state index contributed by atoms with van der Waals surface area (Å²) in [5, 5.41) is 3.69. The van der Waals surface area contributed by atoms with Gasteiger partial charge in [0.1, 0.15) is 0 Å². The molecule has 4 rings (SSSR count). The SMILES string of the molecule is ClCCCn1c2ccccc2c2cnc3ccccc3c21. The lowest BCUT2D eigenvalue weighted by atomic mass is 10.1. The monoisotopic (exact) mass is 294 g/mol. The standard InChI is InChI=1S/C18H15ClN2/c19-10-5-11-21-17-9-4-2-6-13(17)15-12-20-16-8-3-1-7-14(16)18(15)21/h1-4,6-9,12H,5,10-11H2. The first-order valence-electron chi connectivity index (χ1n) is 7.21. The smallest absolute Gasteiger partial charge is 0.0723 e. The Balaban J connectivity index is 2.19. The Morgan fingerprint density at radius 3 is 2.52 bits per heavy atom. The molecule has 104 valence electrons. The Morgan fingerprint density at radius 2 is 1.67 bits per heavy atom. The average molecular weight is 295 g/mol. The van der Waals surface area contributed by atoms with E-state index in [2.05, 4.69) is 52.0 Å². The van der Waals surface area contributed by atoms with Gasteiger partial charge in [0.15, 0.2) is 0 Å². The first kappa shape index (κ1) is 12.7. The number of fused-ring (bicyclic) bond motifs is 5. The maximum absolute atomic E-state index is 5.91. The third kappa shape index (κ3) is 1.90. The maximum atomic E-state index is 5.91. The van der Waals surface area contributed by atoms with E-state index >= 15 is 0 Å². The van der Waals surface area contributed by atoms with E-state index in [0.717, 1.165) is 18.5 Å². The largest absolute Gasteiger partial charge is 0.340 e. The molecule has 2 nitrogen and oxygen atoms in total. The Kier molecular flexibility index (Phi) is 3.04. The van der Waals surface area contributed by atoms with Crippen LogP contribution in [0, 0.1) is 0 Å². The van der Waals surface area contributed by atoms with Crippen LogP contribution in [0.25, 0.3) is 32.7 Å². The van der Waals surface area contributed by atoms with E-state index in [1.165, 1.54) is 27.2 Å². The van der Waals surface area contributed by atoms with Gasteiger partial charge in [0, 0.05) is 40.3 Å². The molecule has 0 amide bonds. The molecule has 21 heavy (non-hydrogen) atoms. The summed E-state index contributed by atoms with van der Waals surface area (Å²) >= 11 is 5.91. The number of nitrogens with zero attached hydrogens (tertiary/aromatic N) is 2. The predicted octanol–water partition coefficient (Wildman–Crippen LogP) is 4.97. The number of hydrogen-bond acceptors (Lipinski definition) is 1. The van der Waals surface area contributed by atoms with Crippen molar-refractivity contribution in [2.75, 3.05) is 5.88 Å². The van der Waals surface area contributed by atoms with Crippen molar-refractivity contribution < 1.29 is 0 Å². The molecule has 2 heterocycles. The van der Waals surface area contributed by atoms with Crippen LogP contribution >= 0.6 is 11.6 Å². The van der Waals surface area contributed by atoms with Gasteiger partial charge in [0.2, 0.25) is 0 Å². The van der Waals surface area contributed by atoms with E-state index in [0.29, 0.717) is 5.88 Å². The van der Waals surface area contributed by atoms with Gasteiger partial charge < -0.3 is 4.57 Å². The molecule has 0 atom stereocenters. The fourth-order valence-corrected chi connectivity index (χ4v) is 3.24. The van der Waals surface area contributed by atoms with Crippen molar-refractivity contribution in [2.45, 2.75) is 13.0 Å². The second-order valence-electron chi connectivity index (χ2n) is 5.25. The highest BCUT2D eigenvalue weighted by atomic mass is 35.5. The molecule has 0 unspecified atom stereocenters. The molecule has 0 saturated carbocycles. The van der Waals surface area contributed by atoms with Crippen molar-refractivity contribution in [1.82, 2.24) is 9.55 Å². The maximum Gasteiger partial charge on any atom is 0.0723 e. The molecule has 3 heteroatoms. The lowest BCUT2D eigenvalue weighted by Crippen LogP contribution is -1.98. The fourth-order valence-electron chi connectivity index (χ4n) is 3.12. The van der Waals surface area contributed by atoms with Crippen LogP contribution in [0.4, 0.5) is 0 Å². The minimum absolute atomic E-state index is 0.678. The molecule has 0 N–H and O–H groups in total. The van der Waals surface area contributed by atoms with Gasteiger partial charge in [0.05, 0.1) is 11.0 Å². The normalized spacial score (nSPS) is 11.7. The summed E-state index contributed by atoms with van der Waals surface area (Å²) in [6.07, 6.45) is 2.96. The van der Waals surface area contributed by atoms with Crippen LogP contribution in [0.5, 0.6) is 0 Å². The summed E-state index contributed by atoms with van der Waals surface area (Å²) in [5.41, 5.74) is 3.57. The molecular weight excluding hydrogens is 280 g/mol. The topological polar surface area (TPSA) is 17.8 Å². The van der Waals surface area contributed by atoms with Crippen molar-refractivity contribution in [2.24, 2.45) is 0 Å². The number of hydrogen-bond donors (Lipinski definition) is 0. The minimum atomic E-state index is 0.678.